The number of alkyl halides is 3. The number of halogens is 4. The van der Waals surface area contributed by atoms with E-state index in [9.17, 15) is 18.0 Å². The lowest BCUT2D eigenvalue weighted by molar-refractivity contribution is -0.137. The van der Waals surface area contributed by atoms with E-state index in [4.69, 9.17) is 4.74 Å². The van der Waals surface area contributed by atoms with Crippen LogP contribution in [-0.2, 0) is 17.4 Å². The first kappa shape index (κ1) is 20.0. The largest absolute Gasteiger partial charge is 0.483 e. The summed E-state index contributed by atoms with van der Waals surface area (Å²) >= 11 is 3.35. The van der Waals surface area contributed by atoms with Gasteiger partial charge >= 0.3 is 6.18 Å². The highest BCUT2D eigenvalue weighted by Crippen LogP contribution is 2.31. The van der Waals surface area contributed by atoms with Gasteiger partial charge in [-0.15, -0.1) is 0 Å². The molecule has 0 atom stereocenters. The van der Waals surface area contributed by atoms with E-state index in [0.717, 1.165) is 24.3 Å². The van der Waals surface area contributed by atoms with Crippen LogP contribution >= 0.6 is 15.9 Å². The fraction of sp³-hybridized carbons (Fsp3) is 0.222. The Kier molecular flexibility index (Phi) is 6.79. The Balaban J connectivity index is 1.92. The van der Waals surface area contributed by atoms with Crippen LogP contribution < -0.4 is 10.2 Å². The number of carbonyl (C=O) groups excluding carboxylic acids is 1. The van der Waals surface area contributed by atoms with Gasteiger partial charge in [-0.05, 0) is 46.1 Å². The topological polar surface area (TPSA) is 50.7 Å². The molecule has 0 fully saturated rings. The van der Waals surface area contributed by atoms with Gasteiger partial charge in [-0.3, -0.25) is 4.79 Å². The van der Waals surface area contributed by atoms with Gasteiger partial charge in [0.05, 0.1) is 16.3 Å². The molecule has 8 heteroatoms. The molecule has 0 aliphatic heterocycles. The minimum atomic E-state index is -4.49. The molecule has 2 rings (SSSR count). The van der Waals surface area contributed by atoms with Gasteiger partial charge in [-0.1, -0.05) is 31.2 Å². The summed E-state index contributed by atoms with van der Waals surface area (Å²) in [4.78, 5) is 11.7. The molecule has 1 N–H and O–H groups in total. The summed E-state index contributed by atoms with van der Waals surface area (Å²) in [6.07, 6.45) is -2.67. The minimum absolute atomic E-state index is 0.140. The predicted molar refractivity (Wildman–Crippen MR) is 96.2 cm³/mol. The summed E-state index contributed by atoms with van der Waals surface area (Å²) in [7, 11) is 0. The van der Waals surface area contributed by atoms with Crippen molar-refractivity contribution in [1.82, 2.24) is 5.43 Å². The molecular weight excluding hydrogens is 413 g/mol. The molecule has 138 valence electrons. The van der Waals surface area contributed by atoms with E-state index in [1.54, 1.807) is 6.07 Å². The third-order valence-electron chi connectivity index (χ3n) is 3.42. The van der Waals surface area contributed by atoms with Gasteiger partial charge in [0.25, 0.3) is 5.91 Å². The van der Waals surface area contributed by atoms with Crippen molar-refractivity contribution in [2.24, 2.45) is 5.10 Å². The summed E-state index contributed by atoms with van der Waals surface area (Å²) < 4.78 is 44.7. The highest BCUT2D eigenvalue weighted by atomic mass is 79.9. The SMILES string of the molecule is CCc1ccc(OCC(=O)N/N=C/c2ccccc2C(F)(F)F)c(Br)c1. The molecule has 26 heavy (non-hydrogen) atoms. The lowest BCUT2D eigenvalue weighted by Gasteiger charge is -2.09. The molecule has 0 saturated carbocycles. The molecule has 0 spiro atoms. The number of nitrogens with zero attached hydrogens (tertiary/aromatic N) is 1. The zero-order chi connectivity index (χ0) is 19.2. The fourth-order valence-corrected chi connectivity index (χ4v) is 2.64. The first-order valence-corrected chi connectivity index (χ1v) is 8.50. The molecule has 0 radical (unpaired) electrons. The number of nitrogens with one attached hydrogen (secondary N) is 1. The number of rotatable bonds is 6. The van der Waals surface area contributed by atoms with Crippen molar-refractivity contribution in [3.8, 4) is 5.75 Å². The van der Waals surface area contributed by atoms with Gasteiger partial charge in [-0.25, -0.2) is 5.43 Å². The normalized spacial score (nSPS) is 11.6. The van der Waals surface area contributed by atoms with Crippen LogP contribution in [0, 0.1) is 0 Å². The first-order chi connectivity index (χ1) is 12.3. The maximum Gasteiger partial charge on any atom is 0.417 e. The molecule has 0 aliphatic rings. The number of aryl methyl sites for hydroxylation is 1. The highest BCUT2D eigenvalue weighted by Gasteiger charge is 2.32. The van der Waals surface area contributed by atoms with Crippen molar-refractivity contribution in [2.45, 2.75) is 19.5 Å². The number of carbonyl (C=O) groups is 1. The Bertz CT molecular complexity index is 807. The molecular formula is C18H16BrF3N2O2. The number of amides is 1. The maximum absolute atomic E-state index is 12.9. The number of hydrogen-bond acceptors (Lipinski definition) is 3. The molecule has 0 heterocycles. The Hall–Kier alpha value is -2.35. The van der Waals surface area contributed by atoms with Crippen molar-refractivity contribution in [3.63, 3.8) is 0 Å². The van der Waals surface area contributed by atoms with Gasteiger partial charge in [0, 0.05) is 5.56 Å². The first-order valence-electron chi connectivity index (χ1n) is 7.70. The second kappa shape index (κ2) is 8.84. The monoisotopic (exact) mass is 428 g/mol. The van der Waals surface area contributed by atoms with E-state index in [0.29, 0.717) is 10.2 Å². The second-order valence-corrected chi connectivity index (χ2v) is 6.14. The Labute approximate surface area is 157 Å². The van der Waals surface area contributed by atoms with Crippen LogP contribution in [0.1, 0.15) is 23.6 Å². The summed E-state index contributed by atoms with van der Waals surface area (Å²) in [5.41, 5.74) is 2.29. The van der Waals surface area contributed by atoms with E-state index in [1.807, 2.05) is 19.1 Å². The van der Waals surface area contributed by atoms with Crippen molar-refractivity contribution in [3.05, 3.63) is 63.6 Å². The van der Waals surface area contributed by atoms with E-state index in [-0.39, 0.29) is 12.2 Å². The molecule has 0 bridgehead atoms. The Morgan fingerprint density at radius 3 is 2.65 bits per heavy atom. The summed E-state index contributed by atoms with van der Waals surface area (Å²) in [5, 5.41) is 3.56. The fourth-order valence-electron chi connectivity index (χ4n) is 2.10. The average molecular weight is 429 g/mol. The quantitative estimate of drug-likeness (QED) is 0.541. The third kappa shape index (κ3) is 5.59. The molecule has 0 aliphatic carbocycles. The summed E-state index contributed by atoms with van der Waals surface area (Å²) in [5.74, 6) is -0.0963. The van der Waals surface area contributed by atoms with Gasteiger partial charge in [0.1, 0.15) is 5.75 Å². The van der Waals surface area contributed by atoms with Gasteiger partial charge in [-0.2, -0.15) is 18.3 Å². The van der Waals surface area contributed by atoms with E-state index < -0.39 is 17.6 Å². The highest BCUT2D eigenvalue weighted by molar-refractivity contribution is 9.10. The number of hydrogen-bond donors (Lipinski definition) is 1. The zero-order valence-corrected chi connectivity index (χ0v) is 15.4. The lowest BCUT2D eigenvalue weighted by atomic mass is 10.1. The van der Waals surface area contributed by atoms with E-state index >= 15 is 0 Å². The Morgan fingerprint density at radius 2 is 2.00 bits per heavy atom. The lowest BCUT2D eigenvalue weighted by Crippen LogP contribution is -2.24. The van der Waals surface area contributed by atoms with Crippen LogP contribution in [0.2, 0.25) is 0 Å². The van der Waals surface area contributed by atoms with Crippen LogP contribution in [0.3, 0.4) is 0 Å². The third-order valence-corrected chi connectivity index (χ3v) is 4.04. The number of hydrazone groups is 1. The van der Waals surface area contributed by atoms with Crippen molar-refractivity contribution in [1.29, 1.82) is 0 Å². The predicted octanol–water partition coefficient (Wildman–Crippen LogP) is 4.56. The average Bonchev–Trinajstić information content (AvgIpc) is 2.60. The summed E-state index contributed by atoms with van der Waals surface area (Å²) in [6, 6.07) is 10.5. The minimum Gasteiger partial charge on any atom is -0.483 e. The molecule has 0 aromatic heterocycles. The maximum atomic E-state index is 12.9. The van der Waals surface area contributed by atoms with Crippen LogP contribution in [-0.4, -0.2) is 18.7 Å². The molecule has 0 unspecified atom stereocenters. The molecule has 2 aromatic carbocycles. The van der Waals surface area contributed by atoms with Crippen LogP contribution in [0.4, 0.5) is 13.2 Å². The van der Waals surface area contributed by atoms with Gasteiger partial charge in [0.2, 0.25) is 0 Å². The standard InChI is InChI=1S/C18H16BrF3N2O2/c1-2-12-7-8-16(15(19)9-12)26-11-17(25)24-23-10-13-5-3-4-6-14(13)18(20,21)22/h3-10H,2,11H2,1H3,(H,24,25)/b23-10+. The van der Waals surface area contributed by atoms with Crippen molar-refractivity contribution >= 4 is 28.1 Å². The van der Waals surface area contributed by atoms with E-state index in [1.165, 1.54) is 18.2 Å². The molecule has 2 aromatic rings. The second-order valence-electron chi connectivity index (χ2n) is 5.29. The van der Waals surface area contributed by atoms with E-state index in [2.05, 4.69) is 26.5 Å². The van der Waals surface area contributed by atoms with Crippen LogP contribution in [0.5, 0.6) is 5.75 Å². The molecule has 4 nitrogen and oxygen atoms in total. The van der Waals surface area contributed by atoms with Crippen molar-refractivity contribution in [2.75, 3.05) is 6.61 Å². The molecule has 0 saturated heterocycles. The van der Waals surface area contributed by atoms with Gasteiger partial charge in [0.15, 0.2) is 6.61 Å². The smallest absolute Gasteiger partial charge is 0.417 e. The van der Waals surface area contributed by atoms with Crippen molar-refractivity contribution < 1.29 is 22.7 Å². The van der Waals surface area contributed by atoms with Gasteiger partial charge < -0.3 is 4.74 Å². The molecule has 1 amide bonds. The number of benzene rings is 2. The number of ether oxygens (including phenoxy) is 1. The summed E-state index contributed by atoms with van der Waals surface area (Å²) in [6.45, 7) is 1.70. The van der Waals surface area contributed by atoms with Crippen LogP contribution in [0.25, 0.3) is 0 Å². The zero-order valence-electron chi connectivity index (χ0n) is 13.8. The van der Waals surface area contributed by atoms with Crippen LogP contribution in [0.15, 0.2) is 52.0 Å². The Morgan fingerprint density at radius 1 is 1.27 bits per heavy atom.